The van der Waals surface area contributed by atoms with Crippen molar-refractivity contribution in [3.63, 3.8) is 0 Å². The molecule has 6 heteroatoms. The number of nitrogens with one attached hydrogen (secondary N) is 2. The average molecular weight is 482 g/mol. The second kappa shape index (κ2) is 11.2. The molecule has 0 aliphatic carbocycles. The summed E-state index contributed by atoms with van der Waals surface area (Å²) in [6.07, 6.45) is 2.52. The Morgan fingerprint density at radius 2 is 1.81 bits per heavy atom. The molecular formula is C21H28FIN4. The van der Waals surface area contributed by atoms with Crippen molar-refractivity contribution in [2.75, 3.05) is 26.7 Å². The number of benzene rings is 2. The Balaban J connectivity index is 0.00000261. The molecule has 1 atom stereocenters. The van der Waals surface area contributed by atoms with E-state index in [9.17, 15) is 4.39 Å². The van der Waals surface area contributed by atoms with Gasteiger partial charge in [0, 0.05) is 20.1 Å². The van der Waals surface area contributed by atoms with E-state index in [1.165, 1.54) is 30.5 Å². The predicted octanol–water partition coefficient (Wildman–Crippen LogP) is 3.95. The molecule has 4 nitrogen and oxygen atoms in total. The molecule has 2 N–H and O–H groups in total. The highest BCUT2D eigenvalue weighted by Gasteiger charge is 2.23. The van der Waals surface area contributed by atoms with E-state index >= 15 is 0 Å². The fourth-order valence-electron chi connectivity index (χ4n) is 3.43. The van der Waals surface area contributed by atoms with Crippen LogP contribution in [0, 0.1) is 5.82 Å². The maximum Gasteiger partial charge on any atom is 0.191 e. The summed E-state index contributed by atoms with van der Waals surface area (Å²) in [5.74, 6) is 0.514. The molecular weight excluding hydrogens is 454 g/mol. The summed E-state index contributed by atoms with van der Waals surface area (Å²) in [5.41, 5.74) is 2.22. The van der Waals surface area contributed by atoms with Gasteiger partial charge in [-0.2, -0.15) is 0 Å². The number of nitrogens with zero attached hydrogens (tertiary/aromatic N) is 2. The smallest absolute Gasteiger partial charge is 0.191 e. The molecule has 0 radical (unpaired) electrons. The Bertz CT molecular complexity index is 717. The van der Waals surface area contributed by atoms with Gasteiger partial charge in [-0.05, 0) is 49.2 Å². The molecule has 1 saturated heterocycles. The van der Waals surface area contributed by atoms with Gasteiger partial charge in [0.25, 0.3) is 0 Å². The third kappa shape index (κ3) is 6.46. The van der Waals surface area contributed by atoms with Crippen LogP contribution in [0.1, 0.15) is 30.0 Å². The maximum atomic E-state index is 13.3. The molecule has 1 unspecified atom stereocenters. The minimum absolute atomic E-state index is 0. The highest BCUT2D eigenvalue weighted by Crippen LogP contribution is 2.24. The van der Waals surface area contributed by atoms with Crippen molar-refractivity contribution in [2.24, 2.45) is 4.99 Å². The summed E-state index contributed by atoms with van der Waals surface area (Å²) in [4.78, 5) is 6.83. The van der Waals surface area contributed by atoms with Gasteiger partial charge in [-0.15, -0.1) is 24.0 Å². The van der Waals surface area contributed by atoms with E-state index in [1.54, 1.807) is 13.1 Å². The lowest BCUT2D eigenvalue weighted by atomic mass is 10.1. The Hall–Kier alpha value is -1.67. The lowest BCUT2D eigenvalue weighted by Crippen LogP contribution is -2.42. The van der Waals surface area contributed by atoms with Crippen LogP contribution in [0.25, 0.3) is 0 Å². The summed E-state index contributed by atoms with van der Waals surface area (Å²) in [6, 6.07) is 17.6. The van der Waals surface area contributed by atoms with Gasteiger partial charge >= 0.3 is 0 Å². The van der Waals surface area contributed by atoms with Gasteiger partial charge in [-0.1, -0.05) is 42.5 Å². The van der Waals surface area contributed by atoms with E-state index in [4.69, 9.17) is 0 Å². The molecule has 1 heterocycles. The highest BCUT2D eigenvalue weighted by molar-refractivity contribution is 14.0. The second-order valence-electron chi connectivity index (χ2n) is 6.61. The Kier molecular flexibility index (Phi) is 9.00. The first-order valence-electron chi connectivity index (χ1n) is 9.24. The molecule has 0 spiro atoms. The molecule has 1 aliphatic heterocycles. The van der Waals surface area contributed by atoms with Gasteiger partial charge in [0.1, 0.15) is 5.82 Å². The lowest BCUT2D eigenvalue weighted by molar-refractivity contribution is 0.245. The topological polar surface area (TPSA) is 39.7 Å². The summed E-state index contributed by atoms with van der Waals surface area (Å²) >= 11 is 0. The van der Waals surface area contributed by atoms with Crippen molar-refractivity contribution in [2.45, 2.75) is 25.4 Å². The molecule has 27 heavy (non-hydrogen) atoms. The zero-order chi connectivity index (χ0) is 18.2. The van der Waals surface area contributed by atoms with Crippen molar-refractivity contribution in [1.82, 2.24) is 15.5 Å². The minimum Gasteiger partial charge on any atom is -0.354 e. The van der Waals surface area contributed by atoms with Gasteiger partial charge < -0.3 is 10.6 Å². The van der Waals surface area contributed by atoms with Gasteiger partial charge in [-0.25, -0.2) is 4.39 Å². The minimum atomic E-state index is -0.217. The monoisotopic (exact) mass is 482 g/mol. The highest BCUT2D eigenvalue weighted by atomic mass is 127. The van der Waals surface area contributed by atoms with E-state index in [1.807, 2.05) is 6.07 Å². The van der Waals surface area contributed by atoms with E-state index in [2.05, 4.69) is 50.9 Å². The summed E-state index contributed by atoms with van der Waals surface area (Å²) < 4.78 is 13.3. The van der Waals surface area contributed by atoms with Gasteiger partial charge in [0.2, 0.25) is 0 Å². The molecule has 2 aromatic carbocycles. The SMILES string of the molecule is CN=C(NCc1cccc(F)c1)NCC(c1ccccc1)N1CCCC1.I. The van der Waals surface area contributed by atoms with E-state index in [-0.39, 0.29) is 29.8 Å². The Morgan fingerprint density at radius 1 is 1.07 bits per heavy atom. The molecule has 2 aromatic rings. The van der Waals surface area contributed by atoms with E-state index in [0.717, 1.165) is 31.2 Å². The number of rotatable bonds is 6. The maximum absolute atomic E-state index is 13.3. The fourth-order valence-corrected chi connectivity index (χ4v) is 3.43. The van der Waals surface area contributed by atoms with Crippen LogP contribution in [0.15, 0.2) is 59.6 Å². The Morgan fingerprint density at radius 3 is 2.48 bits per heavy atom. The van der Waals surface area contributed by atoms with Crippen LogP contribution in [0.3, 0.4) is 0 Å². The van der Waals surface area contributed by atoms with Crippen molar-refractivity contribution in [1.29, 1.82) is 0 Å². The molecule has 146 valence electrons. The fraction of sp³-hybridized carbons (Fsp3) is 0.381. The first-order chi connectivity index (χ1) is 12.8. The van der Waals surface area contributed by atoms with Crippen LogP contribution in [0.2, 0.25) is 0 Å². The van der Waals surface area contributed by atoms with Crippen LogP contribution in [-0.4, -0.2) is 37.5 Å². The number of halogens is 2. The predicted molar refractivity (Wildman–Crippen MR) is 120 cm³/mol. The molecule has 1 aliphatic rings. The van der Waals surface area contributed by atoms with Crippen LogP contribution >= 0.6 is 24.0 Å². The summed E-state index contributed by atoms with van der Waals surface area (Å²) in [5, 5.41) is 6.70. The number of likely N-dealkylation sites (tertiary alicyclic amines) is 1. The van der Waals surface area contributed by atoms with E-state index < -0.39 is 0 Å². The standard InChI is InChI=1S/C21H27FN4.HI/c1-23-21(24-15-17-8-7-11-19(22)14-17)25-16-20(26-12-5-6-13-26)18-9-3-2-4-10-18;/h2-4,7-11,14,20H,5-6,12-13,15-16H2,1H3,(H2,23,24,25);1H. The van der Waals surface area contributed by atoms with Crippen LogP contribution in [-0.2, 0) is 6.54 Å². The quantitative estimate of drug-likeness (QED) is 0.372. The number of hydrogen-bond acceptors (Lipinski definition) is 2. The Labute approximate surface area is 178 Å². The average Bonchev–Trinajstić information content (AvgIpc) is 3.20. The summed E-state index contributed by atoms with van der Waals surface area (Å²) in [6.45, 7) is 3.59. The lowest BCUT2D eigenvalue weighted by Gasteiger charge is -2.29. The first kappa shape index (κ1) is 21.6. The normalized spacial score (nSPS) is 15.9. The molecule has 1 fully saturated rings. The zero-order valence-corrected chi connectivity index (χ0v) is 18.0. The largest absolute Gasteiger partial charge is 0.354 e. The second-order valence-corrected chi connectivity index (χ2v) is 6.61. The third-order valence-corrected chi connectivity index (χ3v) is 4.80. The third-order valence-electron chi connectivity index (χ3n) is 4.80. The molecule has 0 bridgehead atoms. The molecule has 0 aromatic heterocycles. The number of aliphatic imine (C=N–C) groups is 1. The van der Waals surface area contributed by atoms with Crippen LogP contribution in [0.5, 0.6) is 0 Å². The first-order valence-corrected chi connectivity index (χ1v) is 9.24. The summed E-state index contributed by atoms with van der Waals surface area (Å²) in [7, 11) is 1.76. The van der Waals surface area contributed by atoms with Crippen LogP contribution < -0.4 is 10.6 Å². The number of hydrogen-bond donors (Lipinski definition) is 2. The van der Waals surface area contributed by atoms with Crippen molar-refractivity contribution in [3.05, 3.63) is 71.5 Å². The van der Waals surface area contributed by atoms with Gasteiger partial charge in [0.05, 0.1) is 6.04 Å². The van der Waals surface area contributed by atoms with Crippen molar-refractivity contribution in [3.8, 4) is 0 Å². The molecule has 0 saturated carbocycles. The zero-order valence-electron chi connectivity index (χ0n) is 15.7. The molecule has 0 amide bonds. The van der Waals surface area contributed by atoms with Gasteiger partial charge in [0.15, 0.2) is 5.96 Å². The van der Waals surface area contributed by atoms with Crippen molar-refractivity contribution >= 4 is 29.9 Å². The van der Waals surface area contributed by atoms with Crippen LogP contribution in [0.4, 0.5) is 4.39 Å². The molecule has 3 rings (SSSR count). The van der Waals surface area contributed by atoms with Gasteiger partial charge in [-0.3, -0.25) is 9.89 Å². The van der Waals surface area contributed by atoms with E-state index in [0.29, 0.717) is 12.6 Å². The number of guanidine groups is 1. The van der Waals surface area contributed by atoms with Crippen molar-refractivity contribution < 1.29 is 4.39 Å².